The second-order valence-electron chi connectivity index (χ2n) is 15.2. The van der Waals surface area contributed by atoms with Crippen molar-refractivity contribution in [3.63, 3.8) is 0 Å². The molecule has 0 spiro atoms. The predicted molar refractivity (Wildman–Crippen MR) is 215 cm³/mol. The third-order valence-corrected chi connectivity index (χ3v) is 13.7. The van der Waals surface area contributed by atoms with Crippen LogP contribution in [-0.4, -0.2) is 23.2 Å². The summed E-state index contributed by atoms with van der Waals surface area (Å²) in [4.78, 5) is 9.31. The summed E-state index contributed by atoms with van der Waals surface area (Å²) in [5, 5.41) is 2.22. The molecule has 0 unspecified atom stereocenters. The van der Waals surface area contributed by atoms with E-state index in [4.69, 9.17) is 9.40 Å². The molecule has 0 N–H and O–H groups in total. The van der Waals surface area contributed by atoms with E-state index in [9.17, 15) is 0 Å². The van der Waals surface area contributed by atoms with Crippen LogP contribution >= 0.6 is 0 Å². The van der Waals surface area contributed by atoms with E-state index in [-0.39, 0.29) is 20.1 Å². The Morgan fingerprint density at radius 1 is 0.745 bits per heavy atom. The first-order valence-corrected chi connectivity index (χ1v) is 25.1. The van der Waals surface area contributed by atoms with Crippen LogP contribution in [0.3, 0.4) is 0 Å². The fourth-order valence-electron chi connectivity index (χ4n) is 6.78. The Hall–Kier alpha value is -3.83. The first-order valence-electron chi connectivity index (χ1n) is 17.8. The van der Waals surface area contributed by atoms with E-state index in [2.05, 4.69) is 149 Å². The van der Waals surface area contributed by atoms with Gasteiger partial charge < -0.3 is 9.40 Å². The Morgan fingerprint density at radius 3 is 2.18 bits per heavy atom. The summed E-state index contributed by atoms with van der Waals surface area (Å²) >= 11 is -1.86. The van der Waals surface area contributed by atoms with Crippen molar-refractivity contribution in [2.24, 2.45) is 5.92 Å². The Morgan fingerprint density at radius 2 is 1.51 bits per heavy atom. The summed E-state index contributed by atoms with van der Waals surface area (Å²) in [6, 6.07) is 38.2. The van der Waals surface area contributed by atoms with Gasteiger partial charge in [-0.2, -0.15) is 0 Å². The van der Waals surface area contributed by atoms with Crippen molar-refractivity contribution in [2.45, 2.75) is 71.1 Å². The Bertz CT molecular complexity index is 2240. The maximum Gasteiger partial charge on any atom is 0.121 e. The second kappa shape index (κ2) is 16.2. The van der Waals surface area contributed by atoms with Gasteiger partial charge >= 0.3 is 126 Å². The minimum absolute atomic E-state index is 0. The first kappa shape index (κ1) is 38.4. The number of rotatable bonds is 7. The number of nitrogens with zero attached hydrogens (tertiary/aromatic N) is 2. The van der Waals surface area contributed by atoms with E-state index in [1.165, 1.54) is 33.4 Å². The molecule has 0 amide bonds. The van der Waals surface area contributed by atoms with Crippen molar-refractivity contribution in [3.05, 3.63) is 138 Å². The molecule has 0 saturated carbocycles. The zero-order valence-corrected chi connectivity index (χ0v) is 35.8. The van der Waals surface area contributed by atoms with Gasteiger partial charge in [0, 0.05) is 31.7 Å². The average Bonchev–Trinajstić information content (AvgIpc) is 3.46. The molecular formula is C46H48GeIrN2O-2. The molecule has 0 aliphatic heterocycles. The van der Waals surface area contributed by atoms with E-state index in [1.807, 2.05) is 30.5 Å². The number of aryl methyl sites for hydroxylation is 2. The number of aromatic nitrogens is 2. The Kier molecular flexibility index (Phi) is 12.2. The van der Waals surface area contributed by atoms with Crippen LogP contribution in [0.1, 0.15) is 55.9 Å². The molecule has 3 nitrogen and oxygen atoms in total. The summed E-state index contributed by atoms with van der Waals surface area (Å²) < 4.78 is 7.95. The third-order valence-electron chi connectivity index (χ3n) is 9.32. The number of pyridine rings is 2. The SMILES string of the molecule is CC(C)Cc1cc(-c2[c-]cccc2)nc[c]1[Ge]([CH3])([CH3])[CH3].Cc1cccc(C)c1-c1ccc2c(c1)oc1c(-c3cc(C(C)C)ccn3)[c-]ccc12.[Ir]. The van der Waals surface area contributed by atoms with Gasteiger partial charge in [-0.1, -0.05) is 66.8 Å². The average molecular weight is 910 g/mol. The van der Waals surface area contributed by atoms with Gasteiger partial charge in [0.1, 0.15) is 5.58 Å². The summed E-state index contributed by atoms with van der Waals surface area (Å²) in [6.07, 6.45) is 5.15. The van der Waals surface area contributed by atoms with Gasteiger partial charge in [0.15, 0.2) is 0 Å². The molecular weight excluding hydrogens is 861 g/mol. The molecule has 0 aliphatic carbocycles. The predicted octanol–water partition coefficient (Wildman–Crippen LogP) is 12.1. The molecule has 1 radical (unpaired) electrons. The third kappa shape index (κ3) is 8.63. The molecule has 0 saturated heterocycles. The number of fused-ring (bicyclic) bond motifs is 3. The number of benzene rings is 4. The smallest absolute Gasteiger partial charge is 0.121 e. The van der Waals surface area contributed by atoms with E-state index in [0.29, 0.717) is 11.8 Å². The van der Waals surface area contributed by atoms with Crippen molar-refractivity contribution in [2.75, 3.05) is 0 Å². The molecule has 7 aromatic rings. The molecule has 0 atom stereocenters. The van der Waals surface area contributed by atoms with Gasteiger partial charge in [-0.25, -0.2) is 0 Å². The Balaban J connectivity index is 0.000000211. The minimum Gasteiger partial charge on any atom is -0.501 e. The van der Waals surface area contributed by atoms with Crippen molar-refractivity contribution in [1.29, 1.82) is 0 Å². The quantitative estimate of drug-likeness (QED) is 0.118. The molecule has 7 rings (SSSR count). The van der Waals surface area contributed by atoms with Crippen molar-refractivity contribution >= 4 is 39.6 Å². The van der Waals surface area contributed by atoms with Crippen LogP contribution in [0.4, 0.5) is 0 Å². The molecule has 0 fully saturated rings. The van der Waals surface area contributed by atoms with E-state index < -0.39 is 13.3 Å². The van der Waals surface area contributed by atoms with Gasteiger partial charge in [-0.05, 0) is 59.8 Å². The molecule has 3 aromatic heterocycles. The van der Waals surface area contributed by atoms with Gasteiger partial charge in [0.05, 0.1) is 5.58 Å². The van der Waals surface area contributed by atoms with Crippen molar-refractivity contribution in [3.8, 4) is 33.6 Å². The zero-order chi connectivity index (χ0) is 35.6. The number of hydrogen-bond donors (Lipinski definition) is 0. The maximum absolute atomic E-state index is 6.41. The van der Waals surface area contributed by atoms with Crippen molar-refractivity contribution < 1.29 is 24.5 Å². The summed E-state index contributed by atoms with van der Waals surface area (Å²) in [6.45, 7) is 13.3. The van der Waals surface area contributed by atoms with Crippen LogP contribution in [-0.2, 0) is 26.5 Å². The number of hydrogen-bond acceptors (Lipinski definition) is 3. The van der Waals surface area contributed by atoms with Crippen LogP contribution in [0, 0.1) is 31.9 Å². The summed E-state index contributed by atoms with van der Waals surface area (Å²) in [7, 11) is 0. The molecule has 51 heavy (non-hydrogen) atoms. The molecule has 0 aliphatic rings. The molecule has 4 aromatic carbocycles. The first-order chi connectivity index (χ1) is 23.9. The maximum atomic E-state index is 6.41. The standard InChI is InChI=1S/C28H24NO.C18H24GeN.Ir/c1-17(2)20-13-14-29-25(15-20)24-10-6-9-23-22-12-11-21(16-26(22)30-28(23)24)27-18(3)7-5-8-19(27)4;1-14(2)11-16-12-18(15-9-7-6-8-10-15)20-13-17(16)19(3,4)5;/h5-9,11-17H,1-4H3;6-9,12-14H,11H2,1-5H3;/q2*-1;. The van der Waals surface area contributed by atoms with Crippen LogP contribution in [0.2, 0.25) is 17.3 Å². The fraction of sp³-hybridized carbons (Fsp3) is 0.261. The molecule has 5 heteroatoms. The summed E-state index contributed by atoms with van der Waals surface area (Å²) in [5.74, 6) is 8.44. The van der Waals surface area contributed by atoms with Crippen molar-refractivity contribution in [1.82, 2.24) is 9.97 Å². The van der Waals surface area contributed by atoms with E-state index in [0.717, 1.165) is 50.9 Å². The topological polar surface area (TPSA) is 38.9 Å². The van der Waals surface area contributed by atoms with Crippen LogP contribution in [0.25, 0.3) is 55.6 Å². The minimum atomic E-state index is -1.86. The van der Waals surface area contributed by atoms with Crippen LogP contribution in [0.15, 0.2) is 108 Å². The van der Waals surface area contributed by atoms with Gasteiger partial charge in [-0.15, -0.1) is 18.2 Å². The fourth-order valence-corrected chi connectivity index (χ4v) is 10.1. The Labute approximate surface area is 320 Å². The van der Waals surface area contributed by atoms with Crippen LogP contribution in [0.5, 0.6) is 0 Å². The molecule has 3 heterocycles. The monoisotopic (exact) mass is 911 g/mol. The number of furan rings is 1. The van der Waals surface area contributed by atoms with Gasteiger partial charge in [-0.3, -0.25) is 0 Å². The van der Waals surface area contributed by atoms with Gasteiger partial charge in [0.25, 0.3) is 0 Å². The van der Waals surface area contributed by atoms with E-state index in [1.54, 1.807) is 4.40 Å². The van der Waals surface area contributed by atoms with Crippen LogP contribution < -0.4 is 4.40 Å². The molecule has 0 bridgehead atoms. The largest absolute Gasteiger partial charge is 0.501 e. The zero-order valence-electron chi connectivity index (χ0n) is 31.3. The van der Waals surface area contributed by atoms with E-state index >= 15 is 0 Å². The second-order valence-corrected chi connectivity index (χ2v) is 25.7. The normalized spacial score (nSPS) is 11.5. The molecule has 263 valence electrons. The van der Waals surface area contributed by atoms with Gasteiger partial charge in [0.2, 0.25) is 0 Å². The summed E-state index contributed by atoms with van der Waals surface area (Å²) in [5.41, 5.74) is 13.5.